The van der Waals surface area contributed by atoms with Crippen molar-refractivity contribution in [2.24, 2.45) is 0 Å². The van der Waals surface area contributed by atoms with Crippen molar-refractivity contribution >= 4 is 0 Å². The normalized spacial score (nSPS) is 14.4. The average molecular weight is 291 g/mol. The Labute approximate surface area is 124 Å². The van der Waals surface area contributed by atoms with Gasteiger partial charge in [-0.2, -0.15) is 0 Å². The van der Waals surface area contributed by atoms with E-state index in [1.165, 1.54) is 6.42 Å². The molecule has 0 bridgehead atoms. The number of nitrogens with one attached hydrogen (secondary N) is 1. The van der Waals surface area contributed by atoms with Gasteiger partial charge in [0.1, 0.15) is 0 Å². The van der Waals surface area contributed by atoms with Crippen LogP contribution in [0.2, 0.25) is 0 Å². The highest BCUT2D eigenvalue weighted by Gasteiger charge is 2.09. The van der Waals surface area contributed by atoms with Crippen LogP contribution >= 0.6 is 0 Å². The summed E-state index contributed by atoms with van der Waals surface area (Å²) in [5, 5.41) is 3.16. The van der Waals surface area contributed by atoms with Crippen molar-refractivity contribution in [3.63, 3.8) is 0 Å². The van der Waals surface area contributed by atoms with Gasteiger partial charge in [-0.1, -0.05) is 13.3 Å². The van der Waals surface area contributed by atoms with Gasteiger partial charge >= 0.3 is 0 Å². The van der Waals surface area contributed by atoms with Gasteiger partial charge in [-0.05, 0) is 27.3 Å². The Morgan fingerprint density at radius 2 is 1.30 bits per heavy atom. The van der Waals surface area contributed by atoms with Crippen molar-refractivity contribution in [1.29, 1.82) is 0 Å². The zero-order chi connectivity index (χ0) is 15.1. The number of rotatable bonds is 15. The van der Waals surface area contributed by atoms with Crippen LogP contribution in [-0.4, -0.2) is 65.4 Å². The molecular formula is C15H33NO4. The third-order valence-electron chi connectivity index (χ3n) is 3.15. The molecule has 0 radical (unpaired) electrons. The SMILES string of the molecule is CCCCOCCOCCOCCOC(C)C(C)NC. The average Bonchev–Trinajstić information content (AvgIpc) is 2.47. The molecule has 0 saturated carbocycles. The number of likely N-dealkylation sites (N-methyl/N-ethyl adjacent to an activating group) is 1. The molecule has 0 aromatic carbocycles. The zero-order valence-electron chi connectivity index (χ0n) is 13.7. The summed E-state index contributed by atoms with van der Waals surface area (Å²) in [5.41, 5.74) is 0. The van der Waals surface area contributed by atoms with Crippen LogP contribution in [0.25, 0.3) is 0 Å². The number of ether oxygens (including phenoxy) is 4. The molecule has 0 fully saturated rings. The molecule has 0 amide bonds. The predicted molar refractivity (Wildman–Crippen MR) is 81.3 cm³/mol. The second-order valence-corrected chi connectivity index (χ2v) is 4.84. The van der Waals surface area contributed by atoms with E-state index in [1.807, 2.05) is 7.05 Å². The quantitative estimate of drug-likeness (QED) is 0.467. The van der Waals surface area contributed by atoms with Crippen LogP contribution in [0.4, 0.5) is 0 Å². The second kappa shape index (κ2) is 15.2. The van der Waals surface area contributed by atoms with Gasteiger partial charge in [0.05, 0.1) is 45.7 Å². The number of hydrogen-bond donors (Lipinski definition) is 1. The monoisotopic (exact) mass is 291 g/mol. The van der Waals surface area contributed by atoms with E-state index in [4.69, 9.17) is 18.9 Å². The van der Waals surface area contributed by atoms with Crippen LogP contribution in [-0.2, 0) is 18.9 Å². The first-order valence-electron chi connectivity index (χ1n) is 7.74. The fourth-order valence-corrected chi connectivity index (χ4v) is 1.46. The minimum Gasteiger partial charge on any atom is -0.379 e. The van der Waals surface area contributed by atoms with Crippen molar-refractivity contribution in [3.05, 3.63) is 0 Å². The minimum absolute atomic E-state index is 0.195. The lowest BCUT2D eigenvalue weighted by Gasteiger charge is -2.19. The standard InChI is InChI=1S/C15H33NO4/c1-5-6-7-17-8-9-18-10-11-19-12-13-20-15(3)14(2)16-4/h14-16H,5-13H2,1-4H3. The molecule has 0 spiro atoms. The van der Waals surface area contributed by atoms with Gasteiger partial charge in [-0.3, -0.25) is 0 Å². The summed E-state index contributed by atoms with van der Waals surface area (Å²) in [6, 6.07) is 0.353. The minimum atomic E-state index is 0.195. The molecule has 2 atom stereocenters. The van der Waals surface area contributed by atoms with Crippen molar-refractivity contribution in [1.82, 2.24) is 5.32 Å². The molecule has 0 saturated heterocycles. The predicted octanol–water partition coefficient (Wildman–Crippen LogP) is 1.85. The molecule has 0 aromatic rings. The summed E-state index contributed by atoms with van der Waals surface area (Å²) in [6.45, 7) is 10.9. The Morgan fingerprint density at radius 1 is 0.800 bits per heavy atom. The van der Waals surface area contributed by atoms with Crippen LogP contribution in [0.5, 0.6) is 0 Å². The highest BCUT2D eigenvalue weighted by atomic mass is 16.6. The first-order chi connectivity index (χ1) is 9.72. The molecule has 2 unspecified atom stereocenters. The topological polar surface area (TPSA) is 49.0 Å². The van der Waals surface area contributed by atoms with E-state index in [2.05, 4.69) is 26.1 Å². The maximum atomic E-state index is 5.63. The summed E-state index contributed by atoms with van der Waals surface area (Å²) in [5.74, 6) is 0. The van der Waals surface area contributed by atoms with Crippen molar-refractivity contribution in [3.8, 4) is 0 Å². The molecule has 0 aliphatic rings. The molecule has 20 heavy (non-hydrogen) atoms. The third kappa shape index (κ3) is 12.8. The Balaban J connectivity index is 3.10. The molecule has 5 heteroatoms. The van der Waals surface area contributed by atoms with Crippen molar-refractivity contribution in [2.75, 3.05) is 53.3 Å². The number of unbranched alkanes of at least 4 members (excludes halogenated alkanes) is 1. The van der Waals surface area contributed by atoms with E-state index >= 15 is 0 Å². The molecule has 0 aliphatic heterocycles. The van der Waals surface area contributed by atoms with Gasteiger partial charge in [-0.25, -0.2) is 0 Å². The van der Waals surface area contributed by atoms with Crippen LogP contribution in [0, 0.1) is 0 Å². The van der Waals surface area contributed by atoms with Gasteiger partial charge in [0, 0.05) is 12.6 Å². The van der Waals surface area contributed by atoms with Gasteiger partial charge in [0.15, 0.2) is 0 Å². The van der Waals surface area contributed by atoms with Crippen LogP contribution in [0.15, 0.2) is 0 Å². The van der Waals surface area contributed by atoms with E-state index in [0.29, 0.717) is 45.7 Å². The van der Waals surface area contributed by atoms with Crippen molar-refractivity contribution < 1.29 is 18.9 Å². The maximum Gasteiger partial charge on any atom is 0.0704 e. The molecule has 0 heterocycles. The smallest absolute Gasteiger partial charge is 0.0704 e. The third-order valence-corrected chi connectivity index (χ3v) is 3.15. The number of hydrogen-bond acceptors (Lipinski definition) is 5. The first-order valence-corrected chi connectivity index (χ1v) is 7.74. The zero-order valence-corrected chi connectivity index (χ0v) is 13.7. The first kappa shape index (κ1) is 19.8. The van der Waals surface area contributed by atoms with Crippen LogP contribution in [0.3, 0.4) is 0 Å². The Bertz CT molecular complexity index is 193. The Hall–Kier alpha value is -0.200. The Morgan fingerprint density at radius 3 is 1.80 bits per heavy atom. The maximum absolute atomic E-state index is 5.63. The van der Waals surface area contributed by atoms with Gasteiger partial charge in [0.25, 0.3) is 0 Å². The fraction of sp³-hybridized carbons (Fsp3) is 1.00. The van der Waals surface area contributed by atoms with E-state index < -0.39 is 0 Å². The molecule has 0 aromatic heterocycles. The van der Waals surface area contributed by atoms with Crippen molar-refractivity contribution in [2.45, 2.75) is 45.8 Å². The van der Waals surface area contributed by atoms with Gasteiger partial charge in [-0.15, -0.1) is 0 Å². The summed E-state index contributed by atoms with van der Waals surface area (Å²) in [4.78, 5) is 0. The van der Waals surface area contributed by atoms with E-state index in [0.717, 1.165) is 13.0 Å². The van der Waals surface area contributed by atoms with Gasteiger partial charge in [0.2, 0.25) is 0 Å². The lowest BCUT2D eigenvalue weighted by Crippen LogP contribution is -2.35. The van der Waals surface area contributed by atoms with E-state index in [9.17, 15) is 0 Å². The molecule has 1 N–H and O–H groups in total. The van der Waals surface area contributed by atoms with Crippen LogP contribution < -0.4 is 5.32 Å². The summed E-state index contributed by atoms with van der Waals surface area (Å²) in [7, 11) is 1.93. The summed E-state index contributed by atoms with van der Waals surface area (Å²) < 4.78 is 21.8. The second-order valence-electron chi connectivity index (χ2n) is 4.84. The largest absolute Gasteiger partial charge is 0.379 e. The molecule has 122 valence electrons. The van der Waals surface area contributed by atoms with Gasteiger partial charge < -0.3 is 24.3 Å². The lowest BCUT2D eigenvalue weighted by molar-refractivity contribution is -0.0208. The Kier molecular flexibility index (Phi) is 15.0. The molecule has 5 nitrogen and oxygen atoms in total. The van der Waals surface area contributed by atoms with E-state index in [1.54, 1.807) is 0 Å². The highest BCUT2D eigenvalue weighted by Crippen LogP contribution is 1.97. The molecule has 0 aliphatic carbocycles. The molecular weight excluding hydrogens is 258 g/mol. The summed E-state index contributed by atoms with van der Waals surface area (Å²) in [6.07, 6.45) is 2.48. The lowest BCUT2D eigenvalue weighted by atomic mass is 10.2. The highest BCUT2D eigenvalue weighted by molar-refractivity contribution is 4.65. The van der Waals surface area contributed by atoms with Crippen LogP contribution in [0.1, 0.15) is 33.6 Å². The summed E-state index contributed by atoms with van der Waals surface area (Å²) >= 11 is 0. The fourth-order valence-electron chi connectivity index (χ4n) is 1.46. The van der Waals surface area contributed by atoms with E-state index in [-0.39, 0.29) is 6.10 Å². The molecule has 0 rings (SSSR count).